The Labute approximate surface area is 118 Å². The highest BCUT2D eigenvalue weighted by molar-refractivity contribution is 5.60. The summed E-state index contributed by atoms with van der Waals surface area (Å²) < 4.78 is 7.14. The van der Waals surface area contributed by atoms with Crippen LogP contribution in [0.1, 0.15) is 19.4 Å². The van der Waals surface area contributed by atoms with Crippen molar-refractivity contribution in [2.75, 3.05) is 0 Å². The summed E-state index contributed by atoms with van der Waals surface area (Å²) in [7, 11) is 1.70. The lowest BCUT2D eigenvalue weighted by Crippen LogP contribution is -2.22. The number of nitrogens with zero attached hydrogens (tertiary/aromatic N) is 1. The normalized spacial score (nSPS) is 10.8. The Morgan fingerprint density at radius 1 is 1.15 bits per heavy atom. The standard InChI is InChI=1S/C16H19NO3/c1-11(2)20-14-7-4-12(5-8-14)15-9-6-13(10-18)16(19)17(15)3/h4-9,11,18H,10H2,1-3H3. The summed E-state index contributed by atoms with van der Waals surface area (Å²) in [4.78, 5) is 12.0. The zero-order valence-corrected chi connectivity index (χ0v) is 12.0. The van der Waals surface area contributed by atoms with Crippen LogP contribution in [0.15, 0.2) is 41.2 Å². The predicted molar refractivity (Wildman–Crippen MR) is 78.8 cm³/mol. The smallest absolute Gasteiger partial charge is 0.256 e. The van der Waals surface area contributed by atoms with Crippen molar-refractivity contribution < 1.29 is 9.84 Å². The van der Waals surface area contributed by atoms with E-state index in [1.807, 2.05) is 44.2 Å². The average Bonchev–Trinajstić information content (AvgIpc) is 2.42. The molecule has 1 aromatic carbocycles. The third-order valence-corrected chi connectivity index (χ3v) is 3.08. The fourth-order valence-electron chi connectivity index (χ4n) is 2.07. The van der Waals surface area contributed by atoms with Crippen LogP contribution in [0.25, 0.3) is 11.3 Å². The predicted octanol–water partition coefficient (Wildman–Crippen LogP) is 2.33. The van der Waals surface area contributed by atoms with E-state index in [0.29, 0.717) is 5.56 Å². The van der Waals surface area contributed by atoms with Gasteiger partial charge in [0.1, 0.15) is 5.75 Å². The second-order valence-corrected chi connectivity index (χ2v) is 4.96. The molecular formula is C16H19NO3. The number of ether oxygens (including phenoxy) is 1. The van der Waals surface area contributed by atoms with Gasteiger partial charge < -0.3 is 14.4 Å². The molecule has 1 heterocycles. The minimum absolute atomic E-state index is 0.133. The first-order valence-corrected chi connectivity index (χ1v) is 6.59. The highest BCUT2D eigenvalue weighted by atomic mass is 16.5. The molecule has 2 rings (SSSR count). The van der Waals surface area contributed by atoms with Crippen molar-refractivity contribution in [3.8, 4) is 17.0 Å². The maximum absolute atomic E-state index is 12.0. The third-order valence-electron chi connectivity index (χ3n) is 3.08. The van der Waals surface area contributed by atoms with Crippen molar-refractivity contribution in [1.29, 1.82) is 0 Å². The minimum atomic E-state index is -0.242. The molecule has 0 unspecified atom stereocenters. The molecule has 0 saturated carbocycles. The van der Waals surface area contributed by atoms with Crippen LogP contribution < -0.4 is 10.3 Å². The first-order chi connectivity index (χ1) is 9.52. The Balaban J connectivity index is 2.37. The number of benzene rings is 1. The summed E-state index contributed by atoms with van der Waals surface area (Å²) in [5, 5.41) is 9.09. The van der Waals surface area contributed by atoms with Crippen molar-refractivity contribution in [2.45, 2.75) is 26.6 Å². The van der Waals surface area contributed by atoms with E-state index in [4.69, 9.17) is 9.84 Å². The summed E-state index contributed by atoms with van der Waals surface area (Å²) in [6, 6.07) is 11.1. The fourth-order valence-corrected chi connectivity index (χ4v) is 2.07. The van der Waals surface area contributed by atoms with Crippen molar-refractivity contribution >= 4 is 0 Å². The summed E-state index contributed by atoms with van der Waals surface area (Å²) in [6.07, 6.45) is 0.133. The van der Waals surface area contributed by atoms with Crippen LogP contribution in [0.2, 0.25) is 0 Å². The van der Waals surface area contributed by atoms with Gasteiger partial charge in [0.05, 0.1) is 18.4 Å². The van der Waals surface area contributed by atoms with Crippen LogP contribution in [0, 0.1) is 0 Å². The molecule has 0 fully saturated rings. The van der Waals surface area contributed by atoms with Gasteiger partial charge in [0.25, 0.3) is 5.56 Å². The number of hydrogen-bond acceptors (Lipinski definition) is 3. The number of pyridine rings is 1. The first kappa shape index (κ1) is 14.3. The molecule has 1 aromatic heterocycles. The molecule has 20 heavy (non-hydrogen) atoms. The molecular weight excluding hydrogens is 254 g/mol. The third kappa shape index (κ3) is 2.91. The Morgan fingerprint density at radius 2 is 1.80 bits per heavy atom. The number of aromatic nitrogens is 1. The largest absolute Gasteiger partial charge is 0.491 e. The van der Waals surface area contributed by atoms with Crippen molar-refractivity contribution in [2.24, 2.45) is 7.05 Å². The van der Waals surface area contributed by atoms with E-state index in [-0.39, 0.29) is 18.3 Å². The molecule has 0 radical (unpaired) electrons. The molecule has 0 atom stereocenters. The molecule has 0 aliphatic rings. The SMILES string of the molecule is CC(C)Oc1ccc(-c2ccc(CO)c(=O)n2C)cc1. The van der Waals surface area contributed by atoms with Crippen LogP contribution in [0.3, 0.4) is 0 Å². The van der Waals surface area contributed by atoms with E-state index in [0.717, 1.165) is 17.0 Å². The van der Waals surface area contributed by atoms with Gasteiger partial charge in [-0.15, -0.1) is 0 Å². The summed E-state index contributed by atoms with van der Waals surface area (Å²) in [6.45, 7) is 3.71. The Kier molecular flexibility index (Phi) is 4.25. The molecule has 0 spiro atoms. The van der Waals surface area contributed by atoms with Gasteiger partial charge in [0.15, 0.2) is 0 Å². The molecule has 1 N–H and O–H groups in total. The molecule has 0 aliphatic carbocycles. The van der Waals surface area contributed by atoms with Crippen molar-refractivity contribution in [3.63, 3.8) is 0 Å². The van der Waals surface area contributed by atoms with E-state index >= 15 is 0 Å². The van der Waals surface area contributed by atoms with E-state index in [9.17, 15) is 4.79 Å². The zero-order chi connectivity index (χ0) is 14.7. The number of aliphatic hydroxyl groups excluding tert-OH is 1. The number of aliphatic hydroxyl groups is 1. The van der Waals surface area contributed by atoms with E-state index < -0.39 is 0 Å². The molecule has 0 bridgehead atoms. The van der Waals surface area contributed by atoms with Crippen LogP contribution in [-0.2, 0) is 13.7 Å². The quantitative estimate of drug-likeness (QED) is 0.930. The van der Waals surface area contributed by atoms with Crippen LogP contribution in [-0.4, -0.2) is 15.8 Å². The zero-order valence-electron chi connectivity index (χ0n) is 12.0. The Bertz CT molecular complexity index is 642. The van der Waals surface area contributed by atoms with Crippen LogP contribution in [0.5, 0.6) is 5.75 Å². The number of rotatable bonds is 4. The van der Waals surface area contributed by atoms with Gasteiger partial charge >= 0.3 is 0 Å². The summed E-state index contributed by atoms with van der Waals surface area (Å²) >= 11 is 0. The second kappa shape index (κ2) is 5.92. The van der Waals surface area contributed by atoms with Gasteiger partial charge in [-0.3, -0.25) is 4.79 Å². The van der Waals surface area contributed by atoms with Crippen LogP contribution >= 0.6 is 0 Å². The van der Waals surface area contributed by atoms with Gasteiger partial charge in [-0.25, -0.2) is 0 Å². The Morgan fingerprint density at radius 3 is 2.35 bits per heavy atom. The molecule has 4 nitrogen and oxygen atoms in total. The maximum atomic E-state index is 12.0. The van der Waals surface area contributed by atoms with E-state index in [1.54, 1.807) is 17.7 Å². The lowest BCUT2D eigenvalue weighted by Gasteiger charge is -2.12. The van der Waals surface area contributed by atoms with Crippen molar-refractivity contribution in [1.82, 2.24) is 4.57 Å². The fraction of sp³-hybridized carbons (Fsp3) is 0.312. The Hall–Kier alpha value is -2.07. The maximum Gasteiger partial charge on any atom is 0.256 e. The topological polar surface area (TPSA) is 51.5 Å². The van der Waals surface area contributed by atoms with Crippen molar-refractivity contribution in [3.05, 3.63) is 52.3 Å². The lowest BCUT2D eigenvalue weighted by molar-refractivity contribution is 0.242. The molecule has 4 heteroatoms. The number of hydrogen-bond donors (Lipinski definition) is 1. The molecule has 106 valence electrons. The highest BCUT2D eigenvalue weighted by Gasteiger charge is 2.07. The minimum Gasteiger partial charge on any atom is -0.491 e. The van der Waals surface area contributed by atoms with Gasteiger partial charge in [-0.05, 0) is 55.8 Å². The van der Waals surface area contributed by atoms with Gasteiger partial charge in [0.2, 0.25) is 0 Å². The van der Waals surface area contributed by atoms with Gasteiger partial charge in [-0.2, -0.15) is 0 Å². The molecule has 0 saturated heterocycles. The van der Waals surface area contributed by atoms with Crippen LogP contribution in [0.4, 0.5) is 0 Å². The summed E-state index contributed by atoms with van der Waals surface area (Å²) in [5.41, 5.74) is 1.97. The van der Waals surface area contributed by atoms with E-state index in [1.165, 1.54) is 0 Å². The lowest BCUT2D eigenvalue weighted by atomic mass is 10.1. The van der Waals surface area contributed by atoms with Gasteiger partial charge in [-0.1, -0.05) is 0 Å². The van der Waals surface area contributed by atoms with E-state index in [2.05, 4.69) is 0 Å². The highest BCUT2D eigenvalue weighted by Crippen LogP contribution is 2.22. The molecule has 0 aliphatic heterocycles. The summed E-state index contributed by atoms with van der Waals surface area (Å²) in [5.74, 6) is 0.806. The average molecular weight is 273 g/mol. The first-order valence-electron chi connectivity index (χ1n) is 6.59. The van der Waals surface area contributed by atoms with Gasteiger partial charge in [0, 0.05) is 12.6 Å². The molecule has 2 aromatic rings. The molecule has 0 amide bonds. The monoisotopic (exact) mass is 273 g/mol. The second-order valence-electron chi connectivity index (χ2n) is 4.96.